The quantitative estimate of drug-likeness (QED) is 0.185. The van der Waals surface area contributed by atoms with E-state index in [0.29, 0.717) is 0 Å². The van der Waals surface area contributed by atoms with Crippen LogP contribution < -0.4 is 20.0 Å². The lowest BCUT2D eigenvalue weighted by atomic mass is 10.0. The lowest BCUT2D eigenvalue weighted by Crippen LogP contribution is -2.24. The predicted octanol–water partition coefficient (Wildman–Crippen LogP) is 13.2. The maximum Gasteiger partial charge on any atom is 0.145 e. The average Bonchev–Trinajstić information content (AvgIpc) is 3.86. The first kappa shape index (κ1) is 31.9. The zero-order valence-electron chi connectivity index (χ0n) is 30.4. The molecule has 266 valence electrons. The highest BCUT2D eigenvalue weighted by Gasteiger charge is 2.33. The van der Waals surface area contributed by atoms with Crippen molar-refractivity contribution in [1.29, 1.82) is 0 Å². The van der Waals surface area contributed by atoms with Crippen molar-refractivity contribution in [2.45, 2.75) is 6.17 Å². The Kier molecular flexibility index (Phi) is 7.45. The molecule has 0 fully saturated rings. The third-order valence-electron chi connectivity index (χ3n) is 10.9. The molecule has 2 aliphatic rings. The van der Waals surface area contributed by atoms with E-state index in [-0.39, 0.29) is 6.17 Å². The molecule has 56 heavy (non-hydrogen) atoms. The van der Waals surface area contributed by atoms with Crippen LogP contribution in [0.15, 0.2) is 206 Å². The van der Waals surface area contributed by atoms with Crippen molar-refractivity contribution in [3.63, 3.8) is 0 Å². The van der Waals surface area contributed by atoms with Gasteiger partial charge in [0.15, 0.2) is 0 Å². The second-order valence-corrected chi connectivity index (χ2v) is 14.2. The molecule has 0 radical (unpaired) electrons. The number of hydrogen-bond donors (Lipinski definition) is 1. The summed E-state index contributed by atoms with van der Waals surface area (Å²) in [7, 11) is 0. The molecule has 1 aromatic heterocycles. The van der Waals surface area contributed by atoms with E-state index in [2.05, 4.69) is 219 Å². The van der Waals surface area contributed by atoms with Crippen molar-refractivity contribution in [2.24, 2.45) is 0 Å². The minimum absolute atomic E-state index is 0.0348. The second-order valence-electron chi connectivity index (χ2n) is 14.2. The topological polar surface area (TPSA) is 39.6 Å². The minimum Gasteiger partial charge on any atom is -0.359 e. The van der Waals surface area contributed by atoms with Gasteiger partial charge in [-0.2, -0.15) is 0 Å². The molecule has 8 aromatic carbocycles. The number of hydrogen-bond acceptors (Lipinski definition) is 5. The molecule has 0 saturated heterocycles. The molecular formula is C50H36N6. The summed E-state index contributed by atoms with van der Waals surface area (Å²) in [6.07, 6.45) is -0.0348. The summed E-state index contributed by atoms with van der Waals surface area (Å²) in [4.78, 5) is 12.3. The maximum atomic E-state index is 5.11. The molecule has 0 aliphatic carbocycles. The number of fused-ring (bicyclic) bond motifs is 4. The van der Waals surface area contributed by atoms with E-state index >= 15 is 0 Å². The standard InChI is InChI=1S/C50H36N6/c1-3-15-37(16-4-1)55-43-21-9-7-19-41(43)51-49(55)35-27-31-39(32-28-35)53-45-23-11-13-25-47(45)54(48-26-14-12-24-46(48)53)40-33-29-36(30-34-40)50-52-42-20-8-10-22-44(42)56(50)38-17-5-2-6-18-38/h1-34,49,51H. The summed E-state index contributed by atoms with van der Waals surface area (Å²) in [5.41, 5.74) is 15.5. The fourth-order valence-corrected chi connectivity index (χ4v) is 8.39. The van der Waals surface area contributed by atoms with Crippen LogP contribution in [0.3, 0.4) is 0 Å². The van der Waals surface area contributed by atoms with Gasteiger partial charge in [0.2, 0.25) is 0 Å². The molecule has 0 bridgehead atoms. The Bertz CT molecular complexity index is 2800. The molecule has 9 aromatic rings. The molecule has 1 atom stereocenters. The largest absolute Gasteiger partial charge is 0.359 e. The molecule has 1 unspecified atom stereocenters. The Hall–Kier alpha value is -7.57. The zero-order chi connectivity index (χ0) is 37.0. The van der Waals surface area contributed by atoms with E-state index in [4.69, 9.17) is 4.98 Å². The molecule has 1 N–H and O–H groups in total. The summed E-state index contributed by atoms with van der Waals surface area (Å²) in [6, 6.07) is 73.2. The lowest BCUT2D eigenvalue weighted by molar-refractivity contribution is 0.828. The van der Waals surface area contributed by atoms with Crippen LogP contribution in [-0.2, 0) is 0 Å². The molecule has 6 heteroatoms. The lowest BCUT2D eigenvalue weighted by Gasteiger charge is -2.40. The van der Waals surface area contributed by atoms with Crippen LogP contribution in [0.1, 0.15) is 11.7 Å². The Morgan fingerprint density at radius 1 is 0.393 bits per heavy atom. The number of nitrogens with one attached hydrogen (secondary N) is 1. The molecule has 3 heterocycles. The van der Waals surface area contributed by atoms with Gasteiger partial charge in [0.25, 0.3) is 0 Å². The van der Waals surface area contributed by atoms with Crippen LogP contribution in [-0.4, -0.2) is 9.55 Å². The molecular weight excluding hydrogens is 685 g/mol. The third kappa shape index (κ3) is 5.15. The number of para-hydroxylation sites is 10. The summed E-state index contributed by atoms with van der Waals surface area (Å²) in [5, 5.41) is 3.79. The summed E-state index contributed by atoms with van der Waals surface area (Å²) >= 11 is 0. The van der Waals surface area contributed by atoms with Crippen molar-refractivity contribution in [1.82, 2.24) is 9.55 Å². The van der Waals surface area contributed by atoms with Gasteiger partial charge in [-0.15, -0.1) is 0 Å². The number of imidazole rings is 1. The van der Waals surface area contributed by atoms with Crippen LogP contribution in [0.2, 0.25) is 0 Å². The number of aromatic nitrogens is 2. The van der Waals surface area contributed by atoms with Crippen molar-refractivity contribution >= 4 is 62.2 Å². The first-order valence-electron chi connectivity index (χ1n) is 19.0. The number of benzene rings is 8. The highest BCUT2D eigenvalue weighted by atomic mass is 15.3. The second kappa shape index (κ2) is 13.1. The Balaban J connectivity index is 0.960. The Morgan fingerprint density at radius 2 is 0.875 bits per heavy atom. The summed E-state index contributed by atoms with van der Waals surface area (Å²) < 4.78 is 2.25. The fourth-order valence-electron chi connectivity index (χ4n) is 8.39. The van der Waals surface area contributed by atoms with Crippen LogP contribution in [0, 0.1) is 0 Å². The van der Waals surface area contributed by atoms with Gasteiger partial charge < -0.3 is 20.0 Å². The van der Waals surface area contributed by atoms with Crippen molar-refractivity contribution in [3.05, 3.63) is 212 Å². The molecule has 0 saturated carbocycles. The van der Waals surface area contributed by atoms with Gasteiger partial charge in [0.05, 0.1) is 45.2 Å². The third-order valence-corrected chi connectivity index (χ3v) is 10.9. The van der Waals surface area contributed by atoms with Crippen molar-refractivity contribution < 1.29 is 0 Å². The van der Waals surface area contributed by atoms with E-state index in [1.165, 1.54) is 11.3 Å². The van der Waals surface area contributed by atoms with E-state index in [1.807, 2.05) is 12.1 Å². The molecule has 2 aliphatic heterocycles. The SMILES string of the molecule is c1ccc(N2c3ccccc3NC2c2ccc(N3c4ccccc4N(c4ccc(-c5nc6ccccc6n5-c5ccccc5)cc4)c4ccccc43)cc2)cc1. The first-order valence-corrected chi connectivity index (χ1v) is 19.0. The fraction of sp³-hybridized carbons (Fsp3) is 0.0200. The van der Waals surface area contributed by atoms with E-state index in [1.54, 1.807) is 0 Å². The van der Waals surface area contributed by atoms with Gasteiger partial charge in [-0.3, -0.25) is 4.57 Å². The normalized spacial score (nSPS) is 14.3. The van der Waals surface area contributed by atoms with Crippen LogP contribution in [0.4, 0.5) is 51.2 Å². The minimum atomic E-state index is -0.0348. The summed E-state index contributed by atoms with van der Waals surface area (Å²) in [5.74, 6) is 0.918. The van der Waals surface area contributed by atoms with E-state index in [9.17, 15) is 0 Å². The van der Waals surface area contributed by atoms with E-state index < -0.39 is 0 Å². The smallest absolute Gasteiger partial charge is 0.145 e. The highest BCUT2D eigenvalue weighted by molar-refractivity contribution is 6.01. The Labute approximate surface area is 325 Å². The van der Waals surface area contributed by atoms with Gasteiger partial charge in [0.1, 0.15) is 12.0 Å². The number of anilines is 9. The number of rotatable bonds is 6. The summed E-state index contributed by atoms with van der Waals surface area (Å²) in [6.45, 7) is 0. The molecule has 11 rings (SSSR count). The number of nitrogens with zero attached hydrogens (tertiary/aromatic N) is 5. The van der Waals surface area contributed by atoms with Crippen molar-refractivity contribution in [2.75, 3.05) is 20.0 Å². The molecule has 0 spiro atoms. The van der Waals surface area contributed by atoms with Gasteiger partial charge in [-0.05, 0) is 115 Å². The Morgan fingerprint density at radius 3 is 1.48 bits per heavy atom. The van der Waals surface area contributed by atoms with Crippen LogP contribution >= 0.6 is 0 Å². The molecule has 0 amide bonds. The average molecular weight is 721 g/mol. The van der Waals surface area contributed by atoms with Crippen molar-refractivity contribution in [3.8, 4) is 17.1 Å². The highest BCUT2D eigenvalue weighted by Crippen LogP contribution is 2.54. The van der Waals surface area contributed by atoms with Gasteiger partial charge in [-0.1, -0.05) is 97.1 Å². The van der Waals surface area contributed by atoms with Gasteiger partial charge in [0, 0.05) is 28.3 Å². The van der Waals surface area contributed by atoms with Gasteiger partial charge >= 0.3 is 0 Å². The predicted molar refractivity (Wildman–Crippen MR) is 231 cm³/mol. The van der Waals surface area contributed by atoms with Gasteiger partial charge in [-0.25, -0.2) is 4.98 Å². The maximum absolute atomic E-state index is 5.11. The molecule has 6 nitrogen and oxygen atoms in total. The van der Waals surface area contributed by atoms with Crippen LogP contribution in [0.5, 0.6) is 0 Å². The van der Waals surface area contributed by atoms with Crippen LogP contribution in [0.25, 0.3) is 28.1 Å². The first-order chi connectivity index (χ1) is 27.8. The van der Waals surface area contributed by atoms with E-state index in [0.717, 1.165) is 73.6 Å². The monoisotopic (exact) mass is 720 g/mol. The zero-order valence-corrected chi connectivity index (χ0v) is 30.4.